The molecule has 3 aliphatic heterocycles. The molecule has 0 spiro atoms. The number of nitrogens with zero attached hydrogens (tertiary/aromatic N) is 1. The van der Waals surface area contributed by atoms with Crippen molar-refractivity contribution in [2.45, 2.75) is 57.2 Å². The molecule has 3 atom stereocenters. The first-order valence-corrected chi connectivity index (χ1v) is 10.5. The summed E-state index contributed by atoms with van der Waals surface area (Å²) in [7, 11) is 0. The van der Waals surface area contributed by atoms with E-state index in [0.717, 1.165) is 24.5 Å². The van der Waals surface area contributed by atoms with Crippen molar-refractivity contribution in [3.63, 3.8) is 0 Å². The van der Waals surface area contributed by atoms with Gasteiger partial charge in [-0.1, -0.05) is 29.8 Å². The Balaban J connectivity index is 0.00000182. The van der Waals surface area contributed by atoms with Crippen LogP contribution in [0.1, 0.15) is 49.3 Å². The summed E-state index contributed by atoms with van der Waals surface area (Å²) in [6.45, 7) is 3.02. The lowest BCUT2D eigenvalue weighted by molar-refractivity contribution is -0.134. The molecular formula is C20H29ClN2OS. The Morgan fingerprint density at radius 3 is 2.56 bits per heavy atom. The van der Waals surface area contributed by atoms with E-state index in [9.17, 15) is 4.79 Å². The largest absolute Gasteiger partial charge is 0.334 e. The molecule has 3 heterocycles. The molecule has 0 saturated carbocycles. The van der Waals surface area contributed by atoms with Gasteiger partial charge >= 0.3 is 0 Å². The van der Waals surface area contributed by atoms with Crippen LogP contribution in [-0.4, -0.2) is 40.9 Å². The number of thioether (sulfide) groups is 1. The molecule has 25 heavy (non-hydrogen) atoms. The van der Waals surface area contributed by atoms with Gasteiger partial charge in [0.2, 0.25) is 5.91 Å². The smallest absolute Gasteiger partial charge is 0.223 e. The number of halogens is 1. The molecule has 1 N–H and O–H groups in total. The summed E-state index contributed by atoms with van der Waals surface area (Å²) in [5.74, 6) is 3.08. The molecule has 5 heteroatoms. The fourth-order valence-corrected chi connectivity index (χ4v) is 5.76. The van der Waals surface area contributed by atoms with Gasteiger partial charge in [0.1, 0.15) is 0 Å². The molecule has 0 radical (unpaired) electrons. The van der Waals surface area contributed by atoms with Gasteiger partial charge in [0.15, 0.2) is 0 Å². The van der Waals surface area contributed by atoms with Gasteiger partial charge < -0.3 is 10.2 Å². The van der Waals surface area contributed by atoms with E-state index >= 15 is 0 Å². The predicted octanol–water partition coefficient (Wildman–Crippen LogP) is 3.95. The minimum absolute atomic E-state index is 0. The number of carbonyl (C=O) groups excluding carboxylic acids is 1. The molecule has 4 rings (SSSR count). The SMILES string of the molecule is Cc1ccc(C2CSCCN2C(=O)CC2CC3CCC(C2)N3)cc1.Cl. The molecule has 1 aromatic carbocycles. The molecule has 0 aliphatic carbocycles. The zero-order valence-electron chi connectivity index (χ0n) is 14.9. The van der Waals surface area contributed by atoms with E-state index in [1.807, 2.05) is 11.8 Å². The topological polar surface area (TPSA) is 32.3 Å². The molecule has 2 bridgehead atoms. The van der Waals surface area contributed by atoms with E-state index in [0.29, 0.717) is 23.9 Å². The highest BCUT2D eigenvalue weighted by molar-refractivity contribution is 7.99. The third kappa shape index (κ3) is 4.35. The van der Waals surface area contributed by atoms with Crippen molar-refractivity contribution in [1.29, 1.82) is 0 Å². The summed E-state index contributed by atoms with van der Waals surface area (Å²) < 4.78 is 0. The predicted molar refractivity (Wildman–Crippen MR) is 107 cm³/mol. The maximum Gasteiger partial charge on any atom is 0.223 e. The number of benzene rings is 1. The molecule has 0 aromatic heterocycles. The van der Waals surface area contributed by atoms with Crippen LogP contribution >= 0.6 is 24.2 Å². The minimum atomic E-state index is 0. The average Bonchev–Trinajstić information content (AvgIpc) is 2.94. The fourth-order valence-electron chi connectivity index (χ4n) is 4.67. The van der Waals surface area contributed by atoms with Gasteiger partial charge in [0.25, 0.3) is 0 Å². The standard InChI is InChI=1S/C20H28N2OS.ClH/c1-14-2-4-16(5-3-14)19-13-24-9-8-22(19)20(23)12-15-10-17-6-7-18(11-15)21-17;/h2-5,15,17-19,21H,6-13H2,1H3;1H. The Kier molecular flexibility index (Phi) is 6.35. The summed E-state index contributed by atoms with van der Waals surface area (Å²) in [5.41, 5.74) is 2.58. The Hall–Kier alpha value is -0.710. The molecule has 1 amide bonds. The van der Waals surface area contributed by atoms with Crippen LogP contribution in [0.2, 0.25) is 0 Å². The van der Waals surface area contributed by atoms with Gasteiger partial charge in [-0.15, -0.1) is 12.4 Å². The Bertz CT molecular complexity index is 582. The van der Waals surface area contributed by atoms with Crippen molar-refractivity contribution in [2.75, 3.05) is 18.1 Å². The van der Waals surface area contributed by atoms with E-state index < -0.39 is 0 Å². The lowest BCUT2D eigenvalue weighted by Gasteiger charge is -2.37. The Morgan fingerprint density at radius 2 is 1.88 bits per heavy atom. The molecule has 3 aliphatic rings. The summed E-state index contributed by atoms with van der Waals surface area (Å²) in [6, 6.07) is 10.4. The molecule has 3 saturated heterocycles. The maximum absolute atomic E-state index is 13.0. The number of hydrogen-bond donors (Lipinski definition) is 1. The first-order chi connectivity index (χ1) is 11.7. The van der Waals surface area contributed by atoms with Crippen LogP contribution < -0.4 is 5.32 Å². The van der Waals surface area contributed by atoms with Gasteiger partial charge in [-0.25, -0.2) is 0 Å². The quantitative estimate of drug-likeness (QED) is 0.861. The van der Waals surface area contributed by atoms with Crippen molar-refractivity contribution < 1.29 is 4.79 Å². The lowest BCUT2D eigenvalue weighted by Crippen LogP contribution is -2.43. The number of hydrogen-bond acceptors (Lipinski definition) is 3. The normalized spacial score (nSPS) is 31.5. The highest BCUT2D eigenvalue weighted by Crippen LogP contribution is 2.35. The fraction of sp³-hybridized carbons (Fsp3) is 0.650. The molecule has 3 fully saturated rings. The third-order valence-electron chi connectivity index (χ3n) is 5.94. The first kappa shape index (κ1) is 19.1. The number of rotatable bonds is 3. The molecule has 1 aromatic rings. The van der Waals surface area contributed by atoms with Gasteiger partial charge in [-0.05, 0) is 44.1 Å². The average molecular weight is 381 g/mol. The Morgan fingerprint density at radius 1 is 1.20 bits per heavy atom. The van der Waals surface area contributed by atoms with E-state index in [1.54, 1.807) is 0 Å². The van der Waals surface area contributed by atoms with Crippen LogP contribution in [0.4, 0.5) is 0 Å². The van der Waals surface area contributed by atoms with Crippen LogP contribution in [-0.2, 0) is 4.79 Å². The summed E-state index contributed by atoms with van der Waals surface area (Å²) >= 11 is 1.98. The maximum atomic E-state index is 13.0. The van der Waals surface area contributed by atoms with Crippen molar-refractivity contribution in [1.82, 2.24) is 10.2 Å². The monoisotopic (exact) mass is 380 g/mol. The number of aryl methyl sites for hydroxylation is 1. The number of carbonyl (C=O) groups is 1. The number of amides is 1. The van der Waals surface area contributed by atoms with Gasteiger partial charge in [0, 0.05) is 36.6 Å². The highest BCUT2D eigenvalue weighted by Gasteiger charge is 2.36. The summed E-state index contributed by atoms with van der Waals surface area (Å²) in [6.07, 6.45) is 5.76. The second kappa shape index (κ2) is 8.32. The van der Waals surface area contributed by atoms with Crippen molar-refractivity contribution in [2.24, 2.45) is 5.92 Å². The second-order valence-corrected chi connectivity index (χ2v) is 8.92. The lowest BCUT2D eigenvalue weighted by atomic mass is 9.89. The van der Waals surface area contributed by atoms with Crippen molar-refractivity contribution >= 4 is 30.1 Å². The summed E-state index contributed by atoms with van der Waals surface area (Å²) in [5, 5.41) is 3.68. The number of nitrogens with one attached hydrogen (secondary N) is 1. The molecule has 138 valence electrons. The van der Waals surface area contributed by atoms with Gasteiger partial charge in [-0.3, -0.25) is 4.79 Å². The van der Waals surface area contributed by atoms with Crippen LogP contribution in [0, 0.1) is 12.8 Å². The molecule has 3 nitrogen and oxygen atoms in total. The van der Waals surface area contributed by atoms with E-state index in [2.05, 4.69) is 41.4 Å². The van der Waals surface area contributed by atoms with E-state index in [1.165, 1.54) is 36.8 Å². The molecule has 3 unspecified atom stereocenters. The summed E-state index contributed by atoms with van der Waals surface area (Å²) in [4.78, 5) is 15.2. The third-order valence-corrected chi connectivity index (χ3v) is 6.97. The first-order valence-electron chi connectivity index (χ1n) is 9.39. The second-order valence-electron chi connectivity index (χ2n) is 7.77. The minimum Gasteiger partial charge on any atom is -0.334 e. The number of fused-ring (bicyclic) bond motifs is 2. The van der Waals surface area contributed by atoms with Crippen LogP contribution in [0.15, 0.2) is 24.3 Å². The van der Waals surface area contributed by atoms with E-state index in [4.69, 9.17) is 0 Å². The number of piperidine rings is 1. The van der Waals surface area contributed by atoms with Gasteiger partial charge in [-0.2, -0.15) is 11.8 Å². The molecular weight excluding hydrogens is 352 g/mol. The van der Waals surface area contributed by atoms with Crippen molar-refractivity contribution in [3.8, 4) is 0 Å². The Labute approximate surface area is 161 Å². The van der Waals surface area contributed by atoms with Crippen LogP contribution in [0.3, 0.4) is 0 Å². The van der Waals surface area contributed by atoms with Crippen LogP contribution in [0.5, 0.6) is 0 Å². The zero-order chi connectivity index (χ0) is 16.5. The van der Waals surface area contributed by atoms with Gasteiger partial charge in [0.05, 0.1) is 6.04 Å². The van der Waals surface area contributed by atoms with E-state index in [-0.39, 0.29) is 18.4 Å². The zero-order valence-corrected chi connectivity index (χ0v) is 16.6. The highest BCUT2D eigenvalue weighted by atomic mass is 35.5. The van der Waals surface area contributed by atoms with Crippen molar-refractivity contribution in [3.05, 3.63) is 35.4 Å². The van der Waals surface area contributed by atoms with Crippen LogP contribution in [0.25, 0.3) is 0 Å².